The number of anilines is 1. The summed E-state index contributed by atoms with van der Waals surface area (Å²) in [5.41, 5.74) is 4.58. The van der Waals surface area contributed by atoms with Crippen molar-refractivity contribution in [3.8, 4) is 16.9 Å². The molecule has 3 nitrogen and oxygen atoms in total. The first-order chi connectivity index (χ1) is 9.78. The topological polar surface area (TPSA) is 21.7 Å². The van der Waals surface area contributed by atoms with E-state index >= 15 is 0 Å². The van der Waals surface area contributed by atoms with Crippen molar-refractivity contribution in [2.24, 2.45) is 0 Å². The van der Waals surface area contributed by atoms with E-state index in [2.05, 4.69) is 38.6 Å². The number of hydrogen-bond donors (Lipinski definition) is 0. The van der Waals surface area contributed by atoms with Crippen LogP contribution in [0.1, 0.15) is 5.56 Å². The highest BCUT2D eigenvalue weighted by atomic mass is 16.7. The molecule has 4 heteroatoms. The highest BCUT2D eigenvalue weighted by molar-refractivity contribution is 6.41. The molecule has 2 aromatic carbocycles. The molecule has 0 amide bonds. The van der Waals surface area contributed by atoms with Crippen LogP contribution in [0.3, 0.4) is 0 Å². The Kier molecular flexibility index (Phi) is 3.65. The molecule has 0 aromatic heterocycles. The van der Waals surface area contributed by atoms with E-state index in [4.69, 9.17) is 9.57 Å². The molecular formula is C16H17BNO2. The van der Waals surface area contributed by atoms with Gasteiger partial charge in [0.25, 0.3) is 7.41 Å². The van der Waals surface area contributed by atoms with Crippen LogP contribution in [0, 0.1) is 6.92 Å². The molecular weight excluding hydrogens is 249 g/mol. The zero-order valence-corrected chi connectivity index (χ0v) is 11.8. The molecule has 20 heavy (non-hydrogen) atoms. The minimum atomic E-state index is 0.741. The van der Waals surface area contributed by atoms with E-state index in [0.717, 1.165) is 35.5 Å². The molecule has 1 aliphatic heterocycles. The average molecular weight is 266 g/mol. The summed E-state index contributed by atoms with van der Waals surface area (Å²) in [6.45, 7) is 2.84. The van der Waals surface area contributed by atoms with Gasteiger partial charge in [0.2, 0.25) is 0 Å². The second-order valence-electron chi connectivity index (χ2n) is 4.88. The van der Waals surface area contributed by atoms with E-state index in [1.807, 2.05) is 23.2 Å². The van der Waals surface area contributed by atoms with Crippen molar-refractivity contribution in [3.63, 3.8) is 0 Å². The van der Waals surface area contributed by atoms with Crippen LogP contribution in [0.5, 0.6) is 5.75 Å². The second kappa shape index (κ2) is 5.59. The molecule has 0 bridgehead atoms. The largest absolute Gasteiger partial charge is 0.497 e. The summed E-state index contributed by atoms with van der Waals surface area (Å²) < 4.78 is 5.32. The molecule has 1 heterocycles. The molecule has 1 aliphatic rings. The third-order valence-electron chi connectivity index (χ3n) is 3.41. The third-order valence-corrected chi connectivity index (χ3v) is 3.41. The molecule has 1 saturated heterocycles. The van der Waals surface area contributed by atoms with Crippen molar-refractivity contribution < 1.29 is 9.57 Å². The summed E-state index contributed by atoms with van der Waals surface area (Å²) in [5.74, 6) is 0.862. The van der Waals surface area contributed by atoms with Gasteiger partial charge in [0.1, 0.15) is 5.75 Å². The SMILES string of the molecule is COc1cccc(-c2cc(C)ccc2N2[B]CCO2)c1. The highest BCUT2D eigenvalue weighted by Crippen LogP contribution is 2.34. The van der Waals surface area contributed by atoms with Crippen LogP contribution in [0.25, 0.3) is 11.1 Å². The van der Waals surface area contributed by atoms with Gasteiger partial charge in [0, 0.05) is 5.56 Å². The fourth-order valence-electron chi connectivity index (χ4n) is 2.41. The number of ether oxygens (including phenoxy) is 1. The van der Waals surface area contributed by atoms with Crippen LogP contribution in [-0.2, 0) is 4.84 Å². The van der Waals surface area contributed by atoms with E-state index in [1.54, 1.807) is 7.11 Å². The molecule has 0 N–H and O–H groups in total. The highest BCUT2D eigenvalue weighted by Gasteiger charge is 2.19. The Labute approximate surface area is 120 Å². The predicted molar refractivity (Wildman–Crippen MR) is 82.2 cm³/mol. The van der Waals surface area contributed by atoms with Gasteiger partial charge < -0.3 is 9.71 Å². The molecule has 1 fully saturated rings. The van der Waals surface area contributed by atoms with Gasteiger partial charge >= 0.3 is 0 Å². The smallest absolute Gasteiger partial charge is 0.288 e. The zero-order valence-electron chi connectivity index (χ0n) is 11.8. The molecule has 0 aliphatic carbocycles. The monoisotopic (exact) mass is 266 g/mol. The van der Waals surface area contributed by atoms with Crippen molar-refractivity contribution in [1.82, 2.24) is 0 Å². The van der Waals surface area contributed by atoms with E-state index < -0.39 is 0 Å². The van der Waals surface area contributed by atoms with E-state index in [9.17, 15) is 0 Å². The van der Waals surface area contributed by atoms with Gasteiger partial charge in [-0.2, -0.15) is 0 Å². The second-order valence-corrected chi connectivity index (χ2v) is 4.88. The van der Waals surface area contributed by atoms with Crippen LogP contribution >= 0.6 is 0 Å². The summed E-state index contributed by atoms with van der Waals surface area (Å²) in [4.78, 5) is 7.51. The Morgan fingerprint density at radius 3 is 2.85 bits per heavy atom. The molecule has 2 aromatic rings. The number of benzene rings is 2. The van der Waals surface area contributed by atoms with Crippen LogP contribution in [-0.4, -0.2) is 21.1 Å². The van der Waals surface area contributed by atoms with E-state index in [-0.39, 0.29) is 0 Å². The van der Waals surface area contributed by atoms with Gasteiger partial charge in [-0.05, 0) is 43.1 Å². The Hall–Kier alpha value is -1.94. The number of aryl methyl sites for hydroxylation is 1. The summed E-state index contributed by atoms with van der Waals surface area (Å²) >= 11 is 0. The van der Waals surface area contributed by atoms with Crippen molar-refractivity contribution in [2.45, 2.75) is 13.2 Å². The summed E-state index contributed by atoms with van der Waals surface area (Å²) in [6.07, 6.45) is 0.950. The quantitative estimate of drug-likeness (QED) is 0.794. The molecule has 3 rings (SSSR count). The van der Waals surface area contributed by atoms with E-state index in [0.29, 0.717) is 0 Å². The fourth-order valence-corrected chi connectivity index (χ4v) is 2.41. The van der Waals surface area contributed by atoms with Gasteiger partial charge in [0.15, 0.2) is 0 Å². The number of hydrogen-bond acceptors (Lipinski definition) is 3. The van der Waals surface area contributed by atoms with Crippen LogP contribution in [0.4, 0.5) is 5.69 Å². The first-order valence-corrected chi connectivity index (χ1v) is 6.78. The van der Waals surface area contributed by atoms with E-state index in [1.165, 1.54) is 5.56 Å². The number of nitrogens with zero attached hydrogens (tertiary/aromatic N) is 1. The Balaban J connectivity index is 2.08. The Morgan fingerprint density at radius 1 is 1.20 bits per heavy atom. The zero-order chi connectivity index (χ0) is 13.9. The summed E-state index contributed by atoms with van der Waals surface area (Å²) in [5, 5.41) is 0. The first kappa shape index (κ1) is 13.1. The minimum absolute atomic E-state index is 0.741. The summed E-state index contributed by atoms with van der Waals surface area (Å²) in [7, 11) is 3.77. The van der Waals surface area contributed by atoms with Crippen molar-refractivity contribution in [2.75, 3.05) is 18.7 Å². The first-order valence-electron chi connectivity index (χ1n) is 6.78. The maximum absolute atomic E-state index is 5.64. The third kappa shape index (κ3) is 2.52. The molecule has 0 saturated carbocycles. The van der Waals surface area contributed by atoms with Crippen molar-refractivity contribution >= 4 is 13.1 Å². The van der Waals surface area contributed by atoms with Crippen molar-refractivity contribution in [1.29, 1.82) is 0 Å². The Morgan fingerprint density at radius 2 is 2.10 bits per heavy atom. The molecule has 101 valence electrons. The van der Waals surface area contributed by atoms with Gasteiger partial charge in [0.05, 0.1) is 19.4 Å². The maximum Gasteiger partial charge on any atom is 0.288 e. The van der Waals surface area contributed by atoms with Crippen LogP contribution in [0.2, 0.25) is 6.32 Å². The average Bonchev–Trinajstić information content (AvgIpc) is 3.01. The predicted octanol–water partition coefficient (Wildman–Crippen LogP) is 3.46. The lowest BCUT2D eigenvalue weighted by Crippen LogP contribution is -2.19. The standard InChI is InChI=1S/C16H17BNO2/c1-12-6-7-16(18-17-8-9-20-18)15(10-12)13-4-3-5-14(11-13)19-2/h3-7,10-11H,8-9H2,1-2H3. The number of rotatable bonds is 3. The Bertz CT molecular complexity index is 609. The lowest BCUT2D eigenvalue weighted by atomic mass is 9.88. The summed E-state index contributed by atoms with van der Waals surface area (Å²) in [6, 6.07) is 14.5. The lowest BCUT2D eigenvalue weighted by molar-refractivity contribution is 0.185. The normalized spacial score (nSPS) is 14.2. The maximum atomic E-state index is 5.64. The van der Waals surface area contributed by atoms with Crippen LogP contribution in [0.15, 0.2) is 42.5 Å². The fraction of sp³-hybridized carbons (Fsp3) is 0.250. The molecule has 0 spiro atoms. The van der Waals surface area contributed by atoms with Crippen LogP contribution < -0.4 is 9.71 Å². The van der Waals surface area contributed by atoms with Crippen molar-refractivity contribution in [3.05, 3.63) is 48.0 Å². The molecule has 0 unspecified atom stereocenters. The minimum Gasteiger partial charge on any atom is -0.497 e. The van der Waals surface area contributed by atoms with Gasteiger partial charge in [-0.3, -0.25) is 4.84 Å². The molecule has 1 radical (unpaired) electrons. The van der Waals surface area contributed by atoms with Gasteiger partial charge in [-0.15, -0.1) is 0 Å². The van der Waals surface area contributed by atoms with Gasteiger partial charge in [-0.25, -0.2) is 0 Å². The van der Waals surface area contributed by atoms with Gasteiger partial charge in [-0.1, -0.05) is 23.8 Å². The lowest BCUT2D eigenvalue weighted by Gasteiger charge is -2.21. The molecule has 0 atom stereocenters. The number of methoxy groups -OCH3 is 1.